The first kappa shape index (κ1) is 20.2. The van der Waals surface area contributed by atoms with Crippen molar-refractivity contribution in [2.24, 2.45) is 0 Å². The number of hydrogen-bond donors (Lipinski definition) is 1. The number of unbranched alkanes of at least 4 members (excludes halogenated alkanes) is 1. The van der Waals surface area contributed by atoms with Gasteiger partial charge in [-0.2, -0.15) is 0 Å². The summed E-state index contributed by atoms with van der Waals surface area (Å²) >= 11 is 0. The first-order chi connectivity index (χ1) is 11.2. The molecule has 2 rings (SSSR count). The SMILES string of the molecule is C=CCCCN1CCNC(CC(=O)OCc2ccccc2)C1=O.Cl. The molecule has 132 valence electrons. The second-order valence-corrected chi connectivity index (χ2v) is 5.61. The molecule has 0 bridgehead atoms. The standard InChI is InChI=1S/C18H24N2O3.ClH/c1-2-3-7-11-20-12-10-19-16(18(20)22)13-17(21)23-14-15-8-5-4-6-9-15;/h2,4-6,8-9,16,19H,1,3,7,10-14H2;1H. The molecule has 1 heterocycles. The lowest BCUT2D eigenvalue weighted by Crippen LogP contribution is -2.55. The zero-order chi connectivity index (χ0) is 16.5. The van der Waals surface area contributed by atoms with E-state index in [0.717, 1.165) is 18.4 Å². The van der Waals surface area contributed by atoms with Gasteiger partial charge < -0.3 is 15.0 Å². The molecule has 1 saturated heterocycles. The Morgan fingerprint density at radius 3 is 2.83 bits per heavy atom. The van der Waals surface area contributed by atoms with Crippen LogP contribution in [0.25, 0.3) is 0 Å². The van der Waals surface area contributed by atoms with Crippen molar-refractivity contribution in [3.63, 3.8) is 0 Å². The van der Waals surface area contributed by atoms with Gasteiger partial charge in [-0.3, -0.25) is 9.59 Å². The number of amides is 1. The second-order valence-electron chi connectivity index (χ2n) is 5.61. The van der Waals surface area contributed by atoms with Gasteiger partial charge in [-0.15, -0.1) is 19.0 Å². The van der Waals surface area contributed by atoms with Gasteiger partial charge in [0.1, 0.15) is 6.61 Å². The Morgan fingerprint density at radius 2 is 2.12 bits per heavy atom. The van der Waals surface area contributed by atoms with Gasteiger partial charge in [-0.25, -0.2) is 0 Å². The van der Waals surface area contributed by atoms with Gasteiger partial charge >= 0.3 is 5.97 Å². The lowest BCUT2D eigenvalue weighted by molar-refractivity contribution is -0.149. The molecule has 1 aromatic rings. The fourth-order valence-corrected chi connectivity index (χ4v) is 2.56. The van der Waals surface area contributed by atoms with Gasteiger partial charge in [0.15, 0.2) is 0 Å². The summed E-state index contributed by atoms with van der Waals surface area (Å²) < 4.78 is 5.25. The maximum Gasteiger partial charge on any atom is 0.308 e. The van der Waals surface area contributed by atoms with Gasteiger partial charge in [0.25, 0.3) is 0 Å². The van der Waals surface area contributed by atoms with E-state index in [4.69, 9.17) is 4.74 Å². The maximum absolute atomic E-state index is 12.4. The summed E-state index contributed by atoms with van der Waals surface area (Å²) in [5.74, 6) is -0.371. The Kier molecular flexibility index (Phi) is 9.12. The third kappa shape index (κ3) is 6.34. The molecule has 1 aliphatic rings. The second kappa shape index (κ2) is 10.8. The van der Waals surface area contributed by atoms with Crippen LogP contribution in [0.3, 0.4) is 0 Å². The molecule has 1 aromatic carbocycles. The number of nitrogens with one attached hydrogen (secondary N) is 1. The van der Waals surface area contributed by atoms with E-state index in [1.165, 1.54) is 0 Å². The van der Waals surface area contributed by atoms with Crippen LogP contribution in [-0.4, -0.2) is 42.5 Å². The molecule has 1 atom stereocenters. The van der Waals surface area contributed by atoms with Crippen LogP contribution in [0.5, 0.6) is 0 Å². The molecule has 0 saturated carbocycles. The smallest absolute Gasteiger partial charge is 0.308 e. The van der Waals surface area contributed by atoms with Crippen LogP contribution in [0.4, 0.5) is 0 Å². The Morgan fingerprint density at radius 1 is 1.38 bits per heavy atom. The van der Waals surface area contributed by atoms with Crippen molar-refractivity contribution in [3.8, 4) is 0 Å². The molecule has 0 spiro atoms. The molecule has 0 aliphatic carbocycles. The molecular weight excluding hydrogens is 328 g/mol. The van der Waals surface area contributed by atoms with Crippen molar-refractivity contribution in [3.05, 3.63) is 48.6 Å². The zero-order valence-electron chi connectivity index (χ0n) is 13.8. The van der Waals surface area contributed by atoms with Crippen LogP contribution in [0, 0.1) is 0 Å². The highest BCUT2D eigenvalue weighted by Gasteiger charge is 2.30. The Labute approximate surface area is 149 Å². The summed E-state index contributed by atoms with van der Waals surface area (Å²) in [6.07, 6.45) is 3.72. The number of allylic oxidation sites excluding steroid dienone is 1. The lowest BCUT2D eigenvalue weighted by atomic mass is 10.1. The molecule has 0 aromatic heterocycles. The fourth-order valence-electron chi connectivity index (χ4n) is 2.56. The largest absolute Gasteiger partial charge is 0.461 e. The number of piperazine rings is 1. The first-order valence-electron chi connectivity index (χ1n) is 8.03. The van der Waals surface area contributed by atoms with Crippen LogP contribution < -0.4 is 5.32 Å². The maximum atomic E-state index is 12.4. The summed E-state index contributed by atoms with van der Waals surface area (Å²) in [5.41, 5.74) is 0.940. The minimum Gasteiger partial charge on any atom is -0.461 e. The topological polar surface area (TPSA) is 58.6 Å². The summed E-state index contributed by atoms with van der Waals surface area (Å²) in [4.78, 5) is 26.1. The molecule has 1 N–H and O–H groups in total. The molecule has 6 heteroatoms. The Bertz CT molecular complexity index is 536. The highest BCUT2D eigenvalue weighted by atomic mass is 35.5. The van der Waals surface area contributed by atoms with Crippen molar-refractivity contribution in [1.29, 1.82) is 0 Å². The Hall–Kier alpha value is -1.85. The third-order valence-electron chi connectivity index (χ3n) is 3.83. The van der Waals surface area contributed by atoms with E-state index in [2.05, 4.69) is 11.9 Å². The van der Waals surface area contributed by atoms with Crippen LogP contribution >= 0.6 is 12.4 Å². The summed E-state index contributed by atoms with van der Waals surface area (Å²) in [7, 11) is 0. The van der Waals surface area contributed by atoms with Gasteiger partial charge in [0, 0.05) is 19.6 Å². The van der Waals surface area contributed by atoms with Crippen molar-refractivity contribution < 1.29 is 14.3 Å². The molecular formula is C18H25ClN2O3. The van der Waals surface area contributed by atoms with E-state index in [1.807, 2.05) is 41.3 Å². The molecule has 1 amide bonds. The predicted molar refractivity (Wildman–Crippen MR) is 95.9 cm³/mol. The van der Waals surface area contributed by atoms with Crippen LogP contribution in [0.1, 0.15) is 24.8 Å². The average Bonchev–Trinajstić information content (AvgIpc) is 2.57. The van der Waals surface area contributed by atoms with E-state index in [0.29, 0.717) is 19.6 Å². The monoisotopic (exact) mass is 352 g/mol. The lowest BCUT2D eigenvalue weighted by Gasteiger charge is -2.32. The number of nitrogens with zero attached hydrogens (tertiary/aromatic N) is 1. The predicted octanol–water partition coefficient (Wildman–Crippen LogP) is 2.31. The minimum atomic E-state index is -0.476. The highest BCUT2D eigenvalue weighted by molar-refractivity contribution is 5.87. The van der Waals surface area contributed by atoms with E-state index in [9.17, 15) is 9.59 Å². The minimum absolute atomic E-state index is 0. The fraction of sp³-hybridized carbons (Fsp3) is 0.444. The van der Waals surface area contributed by atoms with Crippen molar-refractivity contribution in [1.82, 2.24) is 10.2 Å². The van der Waals surface area contributed by atoms with Crippen molar-refractivity contribution in [2.45, 2.75) is 31.9 Å². The molecule has 1 aliphatic heterocycles. The number of benzene rings is 1. The first-order valence-corrected chi connectivity index (χ1v) is 8.03. The van der Waals surface area contributed by atoms with E-state index in [-0.39, 0.29) is 37.3 Å². The molecule has 1 fully saturated rings. The van der Waals surface area contributed by atoms with Gasteiger partial charge in [-0.1, -0.05) is 36.4 Å². The molecule has 0 radical (unpaired) electrons. The molecule has 24 heavy (non-hydrogen) atoms. The van der Waals surface area contributed by atoms with Crippen molar-refractivity contribution >= 4 is 24.3 Å². The van der Waals surface area contributed by atoms with Gasteiger partial charge in [-0.05, 0) is 18.4 Å². The quantitative estimate of drug-likeness (QED) is 0.443. The van der Waals surface area contributed by atoms with Gasteiger partial charge in [0.05, 0.1) is 12.5 Å². The Balaban J connectivity index is 0.00000288. The van der Waals surface area contributed by atoms with Crippen LogP contribution in [-0.2, 0) is 20.9 Å². The number of carbonyl (C=O) groups is 2. The van der Waals surface area contributed by atoms with E-state index < -0.39 is 6.04 Å². The number of ether oxygens (including phenoxy) is 1. The summed E-state index contributed by atoms with van der Waals surface area (Å²) in [5, 5.41) is 3.11. The normalized spacial score (nSPS) is 17.1. The molecule has 1 unspecified atom stereocenters. The van der Waals surface area contributed by atoms with E-state index in [1.54, 1.807) is 0 Å². The number of carbonyl (C=O) groups excluding carboxylic acids is 2. The van der Waals surface area contributed by atoms with Crippen molar-refractivity contribution in [2.75, 3.05) is 19.6 Å². The number of halogens is 1. The molecule has 5 nitrogen and oxygen atoms in total. The van der Waals surface area contributed by atoms with Gasteiger partial charge in [0.2, 0.25) is 5.91 Å². The zero-order valence-corrected chi connectivity index (χ0v) is 14.6. The third-order valence-corrected chi connectivity index (χ3v) is 3.83. The number of hydrogen-bond acceptors (Lipinski definition) is 4. The van der Waals surface area contributed by atoms with Crippen LogP contribution in [0.2, 0.25) is 0 Å². The van der Waals surface area contributed by atoms with Crippen LogP contribution in [0.15, 0.2) is 43.0 Å². The average molecular weight is 353 g/mol. The summed E-state index contributed by atoms with van der Waals surface area (Å²) in [6, 6.07) is 9.04. The highest BCUT2D eigenvalue weighted by Crippen LogP contribution is 2.09. The number of esters is 1. The number of rotatable bonds is 8. The van der Waals surface area contributed by atoms with E-state index >= 15 is 0 Å². The summed E-state index contributed by atoms with van der Waals surface area (Å²) in [6.45, 7) is 6.03.